The van der Waals surface area contributed by atoms with Crippen molar-refractivity contribution in [2.45, 2.75) is 26.1 Å². The molecule has 0 radical (unpaired) electrons. The number of benzene rings is 2. The second kappa shape index (κ2) is 6.13. The third kappa shape index (κ3) is 2.86. The van der Waals surface area contributed by atoms with Gasteiger partial charge in [0.05, 0.1) is 19.3 Å². The van der Waals surface area contributed by atoms with Gasteiger partial charge in [-0.1, -0.05) is 26.0 Å². The van der Waals surface area contributed by atoms with E-state index in [2.05, 4.69) is 13.8 Å². The molecule has 23 heavy (non-hydrogen) atoms. The van der Waals surface area contributed by atoms with Crippen molar-refractivity contribution in [2.75, 3.05) is 7.11 Å². The van der Waals surface area contributed by atoms with Crippen LogP contribution in [-0.2, 0) is 4.74 Å². The average molecular weight is 314 g/mol. The van der Waals surface area contributed by atoms with Crippen molar-refractivity contribution in [3.05, 3.63) is 53.6 Å². The van der Waals surface area contributed by atoms with Gasteiger partial charge in [-0.25, -0.2) is 0 Å². The van der Waals surface area contributed by atoms with E-state index >= 15 is 0 Å². The summed E-state index contributed by atoms with van der Waals surface area (Å²) in [5.41, 5.74) is 1.82. The van der Waals surface area contributed by atoms with Crippen LogP contribution in [0.2, 0.25) is 0 Å². The van der Waals surface area contributed by atoms with E-state index in [-0.39, 0.29) is 29.6 Å². The summed E-state index contributed by atoms with van der Waals surface area (Å²) in [5.74, 6) is 1.50. The summed E-state index contributed by atoms with van der Waals surface area (Å²) < 4.78 is 11.5. The molecule has 0 aliphatic carbocycles. The lowest BCUT2D eigenvalue weighted by Gasteiger charge is -2.17. The smallest absolute Gasteiger partial charge is 0.125 e. The second-order valence-electron chi connectivity index (χ2n) is 6.21. The van der Waals surface area contributed by atoms with Gasteiger partial charge in [0, 0.05) is 11.6 Å². The van der Waals surface area contributed by atoms with E-state index in [4.69, 9.17) is 9.47 Å². The van der Waals surface area contributed by atoms with Crippen LogP contribution in [0.15, 0.2) is 42.5 Å². The Labute approximate surface area is 136 Å². The Kier molecular flexibility index (Phi) is 4.18. The number of methoxy groups -OCH3 is 1. The summed E-state index contributed by atoms with van der Waals surface area (Å²) in [6.45, 7) is 4.29. The summed E-state index contributed by atoms with van der Waals surface area (Å²) in [5, 5.41) is 19.6. The molecule has 0 bridgehead atoms. The third-order valence-electron chi connectivity index (χ3n) is 4.84. The Hall–Kier alpha value is -2.20. The van der Waals surface area contributed by atoms with Crippen LogP contribution in [0.3, 0.4) is 0 Å². The van der Waals surface area contributed by atoms with Crippen LogP contribution < -0.4 is 4.74 Å². The number of hydrogen-bond acceptors (Lipinski definition) is 4. The quantitative estimate of drug-likeness (QED) is 0.892. The molecule has 2 N–H and O–H groups in total. The van der Waals surface area contributed by atoms with Gasteiger partial charge in [0.1, 0.15) is 17.2 Å². The van der Waals surface area contributed by atoms with Crippen LogP contribution in [-0.4, -0.2) is 17.3 Å². The van der Waals surface area contributed by atoms with Crippen LogP contribution in [0.1, 0.15) is 37.2 Å². The van der Waals surface area contributed by atoms with Crippen molar-refractivity contribution in [3.8, 4) is 17.2 Å². The molecule has 1 saturated heterocycles. The molecule has 122 valence electrons. The van der Waals surface area contributed by atoms with Gasteiger partial charge in [-0.15, -0.1) is 0 Å². The zero-order valence-electron chi connectivity index (χ0n) is 13.6. The van der Waals surface area contributed by atoms with Crippen LogP contribution in [0.4, 0.5) is 0 Å². The van der Waals surface area contributed by atoms with Crippen molar-refractivity contribution in [3.63, 3.8) is 0 Å². The van der Waals surface area contributed by atoms with Gasteiger partial charge in [-0.2, -0.15) is 0 Å². The van der Waals surface area contributed by atoms with Crippen LogP contribution in [0, 0.1) is 11.8 Å². The number of hydrogen-bond donors (Lipinski definition) is 2. The van der Waals surface area contributed by atoms with Crippen molar-refractivity contribution in [1.29, 1.82) is 0 Å². The summed E-state index contributed by atoms with van der Waals surface area (Å²) >= 11 is 0. The van der Waals surface area contributed by atoms with Crippen molar-refractivity contribution in [2.24, 2.45) is 11.8 Å². The molecule has 2 aromatic carbocycles. The van der Waals surface area contributed by atoms with E-state index < -0.39 is 0 Å². The fourth-order valence-corrected chi connectivity index (χ4v) is 3.26. The topological polar surface area (TPSA) is 58.9 Å². The maximum atomic E-state index is 10.1. The lowest BCUT2D eigenvalue weighted by molar-refractivity contribution is 0.0278. The molecule has 1 heterocycles. The van der Waals surface area contributed by atoms with Crippen molar-refractivity contribution < 1.29 is 19.7 Å². The molecule has 0 saturated carbocycles. The standard InChI is InChI=1S/C19H22O4/c1-11-12(2)19(16-9-6-14(20)10-17(16)21)23-18(11)13-4-7-15(22-3)8-5-13/h4-12,18-21H,1-3H3/t11-,12+,18+,19+/m1/s1. The highest BCUT2D eigenvalue weighted by Crippen LogP contribution is 2.50. The van der Waals surface area contributed by atoms with Gasteiger partial charge in [-0.3, -0.25) is 0 Å². The monoisotopic (exact) mass is 314 g/mol. The SMILES string of the molecule is COc1ccc([C@H]2O[C@H](c3ccc(O)cc3O)[C@@H](C)[C@H]2C)cc1. The van der Waals surface area contributed by atoms with E-state index in [0.29, 0.717) is 5.92 Å². The number of aromatic hydroxyl groups is 2. The molecule has 4 heteroatoms. The van der Waals surface area contributed by atoms with E-state index in [0.717, 1.165) is 16.9 Å². The zero-order chi connectivity index (χ0) is 16.6. The summed E-state index contributed by atoms with van der Waals surface area (Å²) in [4.78, 5) is 0. The first-order valence-electron chi connectivity index (χ1n) is 7.82. The highest BCUT2D eigenvalue weighted by Gasteiger charge is 2.41. The number of ether oxygens (including phenoxy) is 2. The molecule has 0 amide bonds. The zero-order valence-corrected chi connectivity index (χ0v) is 13.6. The van der Waals surface area contributed by atoms with Gasteiger partial charge >= 0.3 is 0 Å². The average Bonchev–Trinajstić information content (AvgIpc) is 2.84. The van der Waals surface area contributed by atoms with Crippen molar-refractivity contribution >= 4 is 0 Å². The van der Waals surface area contributed by atoms with Gasteiger partial charge < -0.3 is 19.7 Å². The molecule has 0 unspecified atom stereocenters. The Morgan fingerprint density at radius 3 is 2.17 bits per heavy atom. The van der Waals surface area contributed by atoms with E-state index in [1.54, 1.807) is 19.2 Å². The predicted octanol–water partition coefficient (Wildman–Crippen LogP) is 4.19. The number of phenolic OH excluding ortho intramolecular Hbond substituents is 2. The molecule has 1 aliphatic rings. The minimum Gasteiger partial charge on any atom is -0.508 e. The minimum atomic E-state index is -0.197. The lowest BCUT2D eigenvalue weighted by atomic mass is 9.85. The summed E-state index contributed by atoms with van der Waals surface area (Å²) in [6, 6.07) is 12.6. The highest BCUT2D eigenvalue weighted by molar-refractivity contribution is 5.41. The molecular formula is C19H22O4. The normalized spacial score (nSPS) is 27.1. The Morgan fingerprint density at radius 2 is 1.57 bits per heavy atom. The highest BCUT2D eigenvalue weighted by atomic mass is 16.5. The Bertz CT molecular complexity index is 680. The molecular weight excluding hydrogens is 292 g/mol. The first-order chi connectivity index (χ1) is 11.0. The van der Waals surface area contributed by atoms with Gasteiger partial charge in [-0.05, 0) is 41.7 Å². The molecule has 1 aliphatic heterocycles. The maximum Gasteiger partial charge on any atom is 0.125 e. The van der Waals surface area contributed by atoms with Gasteiger partial charge in [0.25, 0.3) is 0 Å². The predicted molar refractivity (Wildman–Crippen MR) is 87.7 cm³/mol. The fourth-order valence-electron chi connectivity index (χ4n) is 3.26. The van der Waals surface area contributed by atoms with E-state index in [1.165, 1.54) is 6.07 Å². The first-order valence-corrected chi connectivity index (χ1v) is 7.82. The summed E-state index contributed by atoms with van der Waals surface area (Å²) in [6.07, 6.45) is -0.230. The second-order valence-corrected chi connectivity index (χ2v) is 6.21. The summed E-state index contributed by atoms with van der Waals surface area (Å²) in [7, 11) is 1.65. The molecule has 2 aromatic rings. The fraction of sp³-hybridized carbons (Fsp3) is 0.368. The lowest BCUT2D eigenvalue weighted by Crippen LogP contribution is -2.09. The van der Waals surface area contributed by atoms with Crippen LogP contribution in [0.5, 0.6) is 17.2 Å². The van der Waals surface area contributed by atoms with Gasteiger partial charge in [0.2, 0.25) is 0 Å². The molecule has 0 aromatic heterocycles. The molecule has 1 fully saturated rings. The minimum absolute atomic E-state index is 0.0332. The largest absolute Gasteiger partial charge is 0.508 e. The van der Waals surface area contributed by atoms with Crippen molar-refractivity contribution in [1.82, 2.24) is 0 Å². The molecule has 3 rings (SSSR count). The van der Waals surface area contributed by atoms with Gasteiger partial charge in [0.15, 0.2) is 0 Å². The third-order valence-corrected chi connectivity index (χ3v) is 4.84. The van der Waals surface area contributed by atoms with Crippen LogP contribution >= 0.6 is 0 Å². The molecule has 4 atom stereocenters. The van der Waals surface area contributed by atoms with E-state index in [1.807, 2.05) is 24.3 Å². The molecule has 4 nitrogen and oxygen atoms in total. The maximum absolute atomic E-state index is 10.1. The Balaban J connectivity index is 1.88. The first kappa shape index (κ1) is 15.7. The number of rotatable bonds is 3. The number of phenols is 2. The van der Waals surface area contributed by atoms with E-state index in [9.17, 15) is 10.2 Å². The Morgan fingerprint density at radius 1 is 0.913 bits per heavy atom. The molecule has 0 spiro atoms. The van der Waals surface area contributed by atoms with Crippen LogP contribution in [0.25, 0.3) is 0 Å².